The van der Waals surface area contributed by atoms with E-state index in [0.29, 0.717) is 49.9 Å². The topological polar surface area (TPSA) is 134 Å². The van der Waals surface area contributed by atoms with Crippen LogP contribution in [0.15, 0.2) is 96.1 Å². The fraction of sp³-hybridized carbons (Fsp3) is 0.0952. The summed E-state index contributed by atoms with van der Waals surface area (Å²) >= 11 is 0. The Morgan fingerprint density at radius 3 is 1.28 bits per heavy atom. The Hall–Kier alpha value is -6.54. The SMILES string of the molecule is C=CC1=C(C=C)C(=O)C(c2[nH]c3c4c(c5[nH]c(C6=C(C)C(=O)c7ccccc7C6=O)c(C)c5c3c2C)C(=O)c2ccccc2C4=O)=C(C)C1=O. The molecule has 0 saturated carbocycles. The number of carbonyl (C=O) groups is 6. The second kappa shape index (κ2) is 10.5. The van der Waals surface area contributed by atoms with E-state index >= 15 is 0 Å². The fourth-order valence-electron chi connectivity index (χ4n) is 7.91. The molecule has 2 heterocycles. The lowest BCUT2D eigenvalue weighted by molar-refractivity contribution is -0.114. The Bertz CT molecular complexity index is 2720. The summed E-state index contributed by atoms with van der Waals surface area (Å²) in [6.45, 7) is 14.2. The number of aromatic nitrogens is 2. The van der Waals surface area contributed by atoms with E-state index in [1.807, 2.05) is 0 Å². The second-order valence-corrected chi connectivity index (χ2v) is 12.8. The average molecular weight is 657 g/mol. The molecule has 0 radical (unpaired) electrons. The number of nitrogens with one attached hydrogen (secondary N) is 2. The summed E-state index contributed by atoms with van der Waals surface area (Å²) in [4.78, 5) is 90.6. The molecule has 2 N–H and O–H groups in total. The maximum Gasteiger partial charge on any atom is 0.196 e. The zero-order valence-corrected chi connectivity index (χ0v) is 27.6. The summed E-state index contributed by atoms with van der Waals surface area (Å²) < 4.78 is 0. The van der Waals surface area contributed by atoms with Crippen molar-refractivity contribution in [2.75, 3.05) is 0 Å². The first-order chi connectivity index (χ1) is 23.9. The van der Waals surface area contributed by atoms with Gasteiger partial charge in [0, 0.05) is 55.3 Å². The quantitative estimate of drug-likeness (QED) is 0.189. The number of aromatic amines is 2. The molecule has 0 aliphatic heterocycles. The Balaban J connectivity index is 1.51. The summed E-state index contributed by atoms with van der Waals surface area (Å²) in [7, 11) is 0. The molecular weight excluding hydrogens is 628 g/mol. The molecule has 8 heteroatoms. The average Bonchev–Trinajstić information content (AvgIpc) is 3.63. The van der Waals surface area contributed by atoms with Crippen LogP contribution in [0.2, 0.25) is 0 Å². The predicted octanol–water partition coefficient (Wildman–Crippen LogP) is 7.49. The van der Waals surface area contributed by atoms with Gasteiger partial charge in [-0.3, -0.25) is 28.8 Å². The third-order valence-electron chi connectivity index (χ3n) is 10.4. The van der Waals surface area contributed by atoms with Gasteiger partial charge in [0.15, 0.2) is 34.7 Å². The molecule has 3 aliphatic rings. The summed E-state index contributed by atoms with van der Waals surface area (Å²) in [6.07, 6.45) is 2.68. The zero-order valence-electron chi connectivity index (χ0n) is 27.6. The molecule has 8 rings (SSSR count). The number of rotatable bonds is 4. The summed E-state index contributed by atoms with van der Waals surface area (Å²) in [5.74, 6) is -2.22. The molecule has 0 unspecified atom stereocenters. The monoisotopic (exact) mass is 656 g/mol. The highest BCUT2D eigenvalue weighted by Gasteiger charge is 2.40. The minimum absolute atomic E-state index is 0.110. The van der Waals surface area contributed by atoms with Crippen molar-refractivity contribution < 1.29 is 28.8 Å². The molecule has 0 fully saturated rings. The molecule has 3 aliphatic carbocycles. The van der Waals surface area contributed by atoms with Gasteiger partial charge in [-0.2, -0.15) is 0 Å². The maximum atomic E-state index is 14.4. The number of hydrogen-bond donors (Lipinski definition) is 2. The molecule has 5 aromatic rings. The minimum Gasteiger partial charge on any atom is -0.354 e. The van der Waals surface area contributed by atoms with Crippen molar-refractivity contribution in [3.05, 3.63) is 152 Å². The van der Waals surface area contributed by atoms with Gasteiger partial charge in [0.05, 0.1) is 44.7 Å². The van der Waals surface area contributed by atoms with E-state index < -0.39 is 17.3 Å². The summed E-state index contributed by atoms with van der Waals surface area (Å²) in [6, 6.07) is 13.2. The van der Waals surface area contributed by atoms with Gasteiger partial charge in [-0.25, -0.2) is 0 Å². The van der Waals surface area contributed by atoms with Crippen LogP contribution in [-0.4, -0.2) is 44.7 Å². The maximum absolute atomic E-state index is 14.4. The first-order valence-electron chi connectivity index (χ1n) is 16.0. The van der Waals surface area contributed by atoms with Gasteiger partial charge in [0.1, 0.15) is 0 Å². The third-order valence-corrected chi connectivity index (χ3v) is 10.4. The Labute approximate surface area is 285 Å². The van der Waals surface area contributed by atoms with Crippen LogP contribution < -0.4 is 0 Å². The first-order valence-corrected chi connectivity index (χ1v) is 16.0. The van der Waals surface area contributed by atoms with E-state index in [1.54, 1.807) is 76.2 Å². The van der Waals surface area contributed by atoms with E-state index in [4.69, 9.17) is 0 Å². The fourth-order valence-corrected chi connectivity index (χ4v) is 7.91. The van der Waals surface area contributed by atoms with Crippen LogP contribution in [0.3, 0.4) is 0 Å². The van der Waals surface area contributed by atoms with Crippen LogP contribution >= 0.6 is 0 Å². The molecule has 0 amide bonds. The third kappa shape index (κ3) is 3.70. The number of Topliss-reactive ketones (excluding diaryl/α,β-unsaturated/α-hetero) is 4. The van der Waals surface area contributed by atoms with Crippen molar-refractivity contribution in [2.24, 2.45) is 0 Å². The van der Waals surface area contributed by atoms with E-state index in [0.717, 1.165) is 0 Å². The van der Waals surface area contributed by atoms with Gasteiger partial charge in [0.2, 0.25) is 0 Å². The van der Waals surface area contributed by atoms with Gasteiger partial charge in [-0.05, 0) is 38.8 Å². The molecular formula is C42H28N2O6. The van der Waals surface area contributed by atoms with Gasteiger partial charge in [-0.15, -0.1) is 0 Å². The second-order valence-electron chi connectivity index (χ2n) is 12.8. The molecule has 0 saturated heterocycles. The molecule has 0 atom stereocenters. The van der Waals surface area contributed by atoms with Crippen LogP contribution in [0.25, 0.3) is 33.0 Å². The zero-order chi connectivity index (χ0) is 35.5. The molecule has 0 bridgehead atoms. The summed E-state index contributed by atoms with van der Waals surface area (Å²) in [5.41, 5.74) is 4.77. The normalized spacial score (nSPS) is 16.2. The van der Waals surface area contributed by atoms with Crippen molar-refractivity contribution in [3.8, 4) is 0 Å². The lowest BCUT2D eigenvalue weighted by atomic mass is 9.80. The standard InChI is InChI=1S/C42H28N2O6/c1-7-21-22(8-2)39(47)29(19(5)37(21)45)33-17(3)27-28-18(4)34(30-20(6)38(46)23-13-9-10-14-24(23)40(30)48)44-36(28)32-31(35(27)43-33)41(49)25-15-11-12-16-26(25)42(32)50/h7-16,43-44H,1-2H2,3-6H3. The number of hydrogen-bond acceptors (Lipinski definition) is 6. The Morgan fingerprint density at radius 2 is 0.840 bits per heavy atom. The van der Waals surface area contributed by atoms with E-state index in [2.05, 4.69) is 23.1 Å². The molecule has 8 nitrogen and oxygen atoms in total. The van der Waals surface area contributed by atoms with Crippen LogP contribution in [0.4, 0.5) is 0 Å². The number of carbonyl (C=O) groups excluding carboxylic acids is 6. The van der Waals surface area contributed by atoms with Gasteiger partial charge in [0.25, 0.3) is 0 Å². The number of aryl methyl sites for hydroxylation is 2. The van der Waals surface area contributed by atoms with Crippen LogP contribution in [0.1, 0.15) is 88.9 Å². The van der Waals surface area contributed by atoms with Crippen molar-refractivity contribution in [3.63, 3.8) is 0 Å². The molecule has 50 heavy (non-hydrogen) atoms. The van der Waals surface area contributed by atoms with Crippen LogP contribution in [-0.2, 0) is 9.59 Å². The van der Waals surface area contributed by atoms with Crippen molar-refractivity contribution >= 4 is 67.7 Å². The Morgan fingerprint density at radius 1 is 0.480 bits per heavy atom. The van der Waals surface area contributed by atoms with Crippen molar-refractivity contribution in [1.29, 1.82) is 0 Å². The molecule has 0 spiro atoms. The molecule has 242 valence electrons. The van der Waals surface area contributed by atoms with Gasteiger partial charge < -0.3 is 9.97 Å². The van der Waals surface area contributed by atoms with Crippen molar-refractivity contribution in [2.45, 2.75) is 27.7 Å². The van der Waals surface area contributed by atoms with Crippen LogP contribution in [0.5, 0.6) is 0 Å². The van der Waals surface area contributed by atoms with E-state index in [1.165, 1.54) is 12.2 Å². The number of H-pyrrole nitrogens is 2. The highest BCUT2D eigenvalue weighted by Crippen LogP contribution is 2.46. The Kier molecular flexibility index (Phi) is 6.45. The van der Waals surface area contributed by atoms with Crippen molar-refractivity contribution in [1.82, 2.24) is 9.97 Å². The lowest BCUT2D eigenvalue weighted by Gasteiger charge is -2.19. The van der Waals surface area contributed by atoms with E-state index in [9.17, 15) is 28.8 Å². The highest BCUT2D eigenvalue weighted by molar-refractivity contribution is 6.44. The smallest absolute Gasteiger partial charge is 0.196 e. The van der Waals surface area contributed by atoms with Crippen LogP contribution in [0, 0.1) is 13.8 Å². The van der Waals surface area contributed by atoms with Gasteiger partial charge >= 0.3 is 0 Å². The van der Waals surface area contributed by atoms with Gasteiger partial charge in [-0.1, -0.05) is 73.8 Å². The van der Waals surface area contributed by atoms with E-state index in [-0.39, 0.29) is 78.6 Å². The minimum atomic E-state index is -0.434. The molecule has 2 aromatic heterocycles. The number of fused-ring (bicyclic) bond motifs is 8. The number of benzene rings is 3. The number of ketones is 6. The largest absolute Gasteiger partial charge is 0.354 e. The summed E-state index contributed by atoms with van der Waals surface area (Å²) in [5, 5.41) is 1.09. The first kappa shape index (κ1) is 30.8. The highest BCUT2D eigenvalue weighted by atomic mass is 16.2. The predicted molar refractivity (Wildman–Crippen MR) is 191 cm³/mol. The molecule has 3 aromatic carbocycles. The lowest BCUT2D eigenvalue weighted by Crippen LogP contribution is -2.22. The number of allylic oxidation sites excluding steroid dienone is 8.